The van der Waals surface area contributed by atoms with Crippen LogP contribution in [0.4, 0.5) is 4.39 Å². The van der Waals surface area contributed by atoms with Gasteiger partial charge in [0, 0.05) is 24.0 Å². The highest BCUT2D eigenvalue weighted by atomic mass is 32.1. The second-order valence-electron chi connectivity index (χ2n) is 9.67. The molecule has 8 heteroatoms. The molecule has 6 nitrogen and oxygen atoms in total. The Kier molecular flexibility index (Phi) is 9.18. The van der Waals surface area contributed by atoms with Crippen molar-refractivity contribution in [2.24, 2.45) is 0 Å². The molecular weight excluding hydrogens is 491 g/mol. The number of carbonyl (C=O) groups excluding carboxylic acids is 1. The zero-order valence-electron chi connectivity index (χ0n) is 21.6. The molecule has 0 aliphatic carbocycles. The molecule has 1 amide bonds. The summed E-state index contributed by atoms with van der Waals surface area (Å²) in [4.78, 5) is 18.7. The number of aliphatic hydroxyl groups is 1. The first-order chi connectivity index (χ1) is 17.8. The summed E-state index contributed by atoms with van der Waals surface area (Å²) < 4.78 is 25.1. The molecule has 4 rings (SSSR count). The molecule has 198 valence electrons. The second kappa shape index (κ2) is 12.5. The quantitative estimate of drug-likeness (QED) is 0.387. The molecule has 2 heterocycles. The molecule has 0 unspecified atom stereocenters. The van der Waals surface area contributed by atoms with Crippen molar-refractivity contribution in [3.8, 4) is 11.5 Å². The van der Waals surface area contributed by atoms with Gasteiger partial charge < -0.3 is 19.5 Å². The third kappa shape index (κ3) is 7.09. The average molecular weight is 527 g/mol. The molecule has 1 aliphatic heterocycles. The minimum absolute atomic E-state index is 0.00900. The highest BCUT2D eigenvalue weighted by Gasteiger charge is 2.33. The molecule has 0 saturated carbocycles. The highest BCUT2D eigenvalue weighted by Crippen LogP contribution is 2.34. The number of hydrogen-bond acceptors (Lipinski definition) is 6. The maximum absolute atomic E-state index is 13.6. The number of fused-ring (bicyclic) bond motifs is 1. The normalized spacial score (nSPS) is 16.1. The first-order valence-corrected chi connectivity index (χ1v) is 13.5. The maximum atomic E-state index is 13.6. The van der Waals surface area contributed by atoms with E-state index in [1.165, 1.54) is 17.0 Å². The number of para-hydroxylation sites is 1. The van der Waals surface area contributed by atoms with Crippen molar-refractivity contribution in [3.63, 3.8) is 0 Å². The van der Waals surface area contributed by atoms with Gasteiger partial charge in [-0.05, 0) is 80.1 Å². The number of aliphatic hydroxyl groups excluding tert-OH is 1. The number of ether oxygens (including phenoxy) is 2. The van der Waals surface area contributed by atoms with E-state index in [0.717, 1.165) is 23.3 Å². The summed E-state index contributed by atoms with van der Waals surface area (Å²) in [5.41, 5.74) is 2.12. The number of nitrogens with zero attached hydrogens (tertiary/aromatic N) is 2. The highest BCUT2D eigenvalue weighted by molar-refractivity contribution is 7.10. The van der Waals surface area contributed by atoms with E-state index in [0.29, 0.717) is 18.8 Å². The van der Waals surface area contributed by atoms with E-state index in [1.54, 1.807) is 23.5 Å². The fraction of sp³-hybridized carbons (Fsp3) is 0.414. The number of benzene rings is 2. The Bertz CT molecular complexity index is 1170. The van der Waals surface area contributed by atoms with Crippen LogP contribution in [0.25, 0.3) is 0 Å². The van der Waals surface area contributed by atoms with Gasteiger partial charge in [-0.1, -0.05) is 18.2 Å². The van der Waals surface area contributed by atoms with E-state index >= 15 is 0 Å². The second-order valence-corrected chi connectivity index (χ2v) is 10.7. The summed E-state index contributed by atoms with van der Waals surface area (Å²) in [6.07, 6.45) is 0.0672. The van der Waals surface area contributed by atoms with Crippen LogP contribution in [-0.4, -0.2) is 65.8 Å². The first-order valence-electron chi connectivity index (χ1n) is 12.7. The smallest absolute Gasteiger partial charge is 0.237 e. The Morgan fingerprint density at radius 1 is 1.16 bits per heavy atom. The molecule has 3 aromatic rings. The average Bonchev–Trinajstić information content (AvgIpc) is 3.36. The van der Waals surface area contributed by atoms with E-state index in [2.05, 4.69) is 11.4 Å². The lowest BCUT2D eigenvalue weighted by Crippen LogP contribution is -2.49. The number of carbonyl (C=O) groups is 1. The van der Waals surface area contributed by atoms with Crippen molar-refractivity contribution in [1.29, 1.82) is 0 Å². The van der Waals surface area contributed by atoms with E-state index in [1.807, 2.05) is 54.8 Å². The van der Waals surface area contributed by atoms with Crippen molar-refractivity contribution in [2.75, 3.05) is 32.8 Å². The van der Waals surface area contributed by atoms with Crippen LogP contribution in [0.1, 0.15) is 35.9 Å². The van der Waals surface area contributed by atoms with Crippen LogP contribution >= 0.6 is 11.3 Å². The molecule has 2 aromatic carbocycles. The number of hydrogen-bond donors (Lipinski definition) is 1. The Labute approximate surface area is 222 Å². The van der Waals surface area contributed by atoms with Gasteiger partial charge in [0.15, 0.2) is 0 Å². The SMILES string of the molecule is Cc1ccccc1OC[C@@H](O)CN(CC(=O)N1CCc2sccc2[C@H]1COc1ccc(F)cc1)C(C)C. The number of amides is 1. The van der Waals surface area contributed by atoms with Crippen LogP contribution in [-0.2, 0) is 11.2 Å². The van der Waals surface area contributed by atoms with Gasteiger partial charge in [-0.15, -0.1) is 11.3 Å². The van der Waals surface area contributed by atoms with E-state index < -0.39 is 6.10 Å². The molecule has 2 atom stereocenters. The van der Waals surface area contributed by atoms with E-state index in [4.69, 9.17) is 9.47 Å². The van der Waals surface area contributed by atoms with E-state index in [9.17, 15) is 14.3 Å². The molecule has 0 bridgehead atoms. The van der Waals surface area contributed by atoms with Gasteiger partial charge in [0.25, 0.3) is 0 Å². The molecular formula is C29H35FN2O4S. The summed E-state index contributed by atoms with van der Waals surface area (Å²) in [5, 5.41) is 12.7. The van der Waals surface area contributed by atoms with Crippen LogP contribution in [0.2, 0.25) is 0 Å². The molecule has 0 saturated heterocycles. The molecule has 1 N–H and O–H groups in total. The minimum Gasteiger partial charge on any atom is -0.491 e. The lowest BCUT2D eigenvalue weighted by Gasteiger charge is -2.38. The van der Waals surface area contributed by atoms with Gasteiger partial charge >= 0.3 is 0 Å². The lowest BCUT2D eigenvalue weighted by molar-refractivity contribution is -0.137. The molecule has 0 fully saturated rings. The largest absolute Gasteiger partial charge is 0.491 e. The Hall–Kier alpha value is -2.94. The van der Waals surface area contributed by atoms with Gasteiger partial charge in [0.1, 0.15) is 36.6 Å². The van der Waals surface area contributed by atoms with Gasteiger partial charge in [0.2, 0.25) is 5.91 Å². The fourth-order valence-electron chi connectivity index (χ4n) is 4.53. The van der Waals surface area contributed by atoms with Crippen LogP contribution in [0.15, 0.2) is 60.0 Å². The Balaban J connectivity index is 1.40. The van der Waals surface area contributed by atoms with Crippen molar-refractivity contribution < 1.29 is 23.8 Å². The van der Waals surface area contributed by atoms with Crippen molar-refractivity contribution in [2.45, 2.75) is 45.4 Å². The summed E-state index contributed by atoms with van der Waals surface area (Å²) in [6.45, 7) is 7.56. The monoisotopic (exact) mass is 526 g/mol. The maximum Gasteiger partial charge on any atom is 0.237 e. The molecule has 0 spiro atoms. The van der Waals surface area contributed by atoms with Crippen LogP contribution in [0.5, 0.6) is 11.5 Å². The zero-order valence-corrected chi connectivity index (χ0v) is 22.4. The zero-order chi connectivity index (χ0) is 26.4. The lowest BCUT2D eigenvalue weighted by atomic mass is 10.00. The van der Waals surface area contributed by atoms with Gasteiger partial charge in [0.05, 0.1) is 12.6 Å². The third-order valence-electron chi connectivity index (χ3n) is 6.68. The Morgan fingerprint density at radius 3 is 2.65 bits per heavy atom. The summed E-state index contributed by atoms with van der Waals surface area (Å²) in [5.74, 6) is 0.988. The molecule has 0 radical (unpaired) electrons. The predicted molar refractivity (Wildman–Crippen MR) is 144 cm³/mol. The number of aryl methyl sites for hydroxylation is 1. The van der Waals surface area contributed by atoms with Crippen LogP contribution < -0.4 is 9.47 Å². The van der Waals surface area contributed by atoms with Crippen molar-refractivity contribution in [3.05, 3.63) is 81.8 Å². The van der Waals surface area contributed by atoms with Gasteiger partial charge in [-0.3, -0.25) is 9.69 Å². The molecule has 1 aromatic heterocycles. The standard InChI is InChI=1S/C29H35FN2O4S/c1-20(2)31(16-23(33)18-36-27-7-5-4-6-21(27)3)17-29(34)32-14-12-28-25(13-15-37-28)26(32)19-35-24-10-8-22(30)9-11-24/h4-11,13,15,20,23,26,33H,12,14,16-19H2,1-3H3/t23-,26+/m0/s1. The minimum atomic E-state index is -0.739. The number of halogens is 1. The fourth-order valence-corrected chi connectivity index (χ4v) is 5.46. The van der Waals surface area contributed by atoms with Crippen molar-refractivity contribution in [1.82, 2.24) is 9.80 Å². The number of rotatable bonds is 11. The predicted octanol–water partition coefficient (Wildman–Crippen LogP) is 4.85. The first kappa shape index (κ1) is 27.1. The Morgan fingerprint density at radius 2 is 1.92 bits per heavy atom. The van der Waals surface area contributed by atoms with E-state index in [-0.39, 0.29) is 43.6 Å². The van der Waals surface area contributed by atoms with Crippen molar-refractivity contribution >= 4 is 17.2 Å². The summed E-state index contributed by atoms with van der Waals surface area (Å²) in [6, 6.07) is 15.5. The summed E-state index contributed by atoms with van der Waals surface area (Å²) in [7, 11) is 0. The van der Waals surface area contributed by atoms with Crippen LogP contribution in [0, 0.1) is 12.7 Å². The number of thiophene rings is 1. The van der Waals surface area contributed by atoms with Gasteiger partial charge in [-0.25, -0.2) is 4.39 Å². The summed E-state index contributed by atoms with van der Waals surface area (Å²) >= 11 is 1.70. The third-order valence-corrected chi connectivity index (χ3v) is 7.67. The molecule has 1 aliphatic rings. The van der Waals surface area contributed by atoms with Gasteiger partial charge in [-0.2, -0.15) is 0 Å². The molecule has 37 heavy (non-hydrogen) atoms. The van der Waals surface area contributed by atoms with Crippen LogP contribution in [0.3, 0.4) is 0 Å². The topological polar surface area (TPSA) is 62.2 Å².